The Morgan fingerprint density at radius 2 is 1.86 bits per heavy atom. The minimum absolute atomic E-state index is 0.220. The summed E-state index contributed by atoms with van der Waals surface area (Å²) in [5.74, 6) is 2.76. The fraction of sp³-hybridized carbons (Fsp3) is 0.318. The number of amides is 1. The van der Waals surface area contributed by atoms with Gasteiger partial charge in [-0.1, -0.05) is 26.0 Å². The molecule has 1 atom stereocenters. The van der Waals surface area contributed by atoms with Gasteiger partial charge >= 0.3 is 0 Å². The Morgan fingerprint density at radius 3 is 2.55 bits per heavy atom. The standard InChI is InChI=1S/C22H26N4O3/c1-14(2)17-6-5-7-19(12-17)29-15(3)22(27)23-13-20-24-21(26-25-20)16-8-10-18(28-4)11-9-16/h5-12,14-15H,13H2,1-4H3,(H,23,27)(H,24,25,26). The number of rotatable bonds is 8. The van der Waals surface area contributed by atoms with Crippen LogP contribution in [0.25, 0.3) is 11.4 Å². The number of H-pyrrole nitrogens is 1. The van der Waals surface area contributed by atoms with E-state index in [0.29, 0.717) is 23.3 Å². The summed E-state index contributed by atoms with van der Waals surface area (Å²) in [5.41, 5.74) is 2.03. The van der Waals surface area contributed by atoms with Crippen molar-refractivity contribution < 1.29 is 14.3 Å². The molecule has 7 heteroatoms. The average molecular weight is 394 g/mol. The van der Waals surface area contributed by atoms with Crippen molar-refractivity contribution in [1.82, 2.24) is 20.5 Å². The maximum Gasteiger partial charge on any atom is 0.261 e. The summed E-state index contributed by atoms with van der Waals surface area (Å²) in [6, 6.07) is 15.3. The fourth-order valence-corrected chi connectivity index (χ4v) is 2.76. The van der Waals surface area contributed by atoms with Gasteiger partial charge in [0.2, 0.25) is 0 Å². The molecule has 1 unspecified atom stereocenters. The Morgan fingerprint density at radius 1 is 1.10 bits per heavy atom. The number of aromatic nitrogens is 3. The Bertz CT molecular complexity index is 951. The third kappa shape index (κ3) is 5.34. The second-order valence-electron chi connectivity index (χ2n) is 7.04. The van der Waals surface area contributed by atoms with Crippen molar-refractivity contribution >= 4 is 5.91 Å². The highest BCUT2D eigenvalue weighted by Crippen LogP contribution is 2.21. The van der Waals surface area contributed by atoms with Gasteiger partial charge in [0.05, 0.1) is 13.7 Å². The maximum atomic E-state index is 12.4. The van der Waals surface area contributed by atoms with Crippen LogP contribution in [0.5, 0.6) is 11.5 Å². The van der Waals surface area contributed by atoms with Gasteiger partial charge in [0.25, 0.3) is 5.91 Å². The molecular weight excluding hydrogens is 368 g/mol. The van der Waals surface area contributed by atoms with Gasteiger partial charge in [-0.05, 0) is 54.8 Å². The maximum absolute atomic E-state index is 12.4. The zero-order chi connectivity index (χ0) is 20.8. The number of hydrogen-bond acceptors (Lipinski definition) is 5. The normalized spacial score (nSPS) is 11.9. The molecule has 2 N–H and O–H groups in total. The Labute approximate surface area is 170 Å². The molecule has 0 bridgehead atoms. The monoisotopic (exact) mass is 394 g/mol. The number of aromatic amines is 1. The molecule has 0 aliphatic heterocycles. The Hall–Kier alpha value is -3.35. The summed E-state index contributed by atoms with van der Waals surface area (Å²) in [7, 11) is 1.62. The van der Waals surface area contributed by atoms with Crippen LogP contribution in [0.2, 0.25) is 0 Å². The van der Waals surface area contributed by atoms with Gasteiger partial charge < -0.3 is 14.8 Å². The summed E-state index contributed by atoms with van der Waals surface area (Å²) in [4.78, 5) is 16.8. The summed E-state index contributed by atoms with van der Waals surface area (Å²) in [6.07, 6.45) is -0.624. The number of nitrogens with zero attached hydrogens (tertiary/aromatic N) is 2. The summed E-state index contributed by atoms with van der Waals surface area (Å²) >= 11 is 0. The predicted molar refractivity (Wildman–Crippen MR) is 111 cm³/mol. The smallest absolute Gasteiger partial charge is 0.261 e. The minimum atomic E-state index is -0.624. The number of carbonyl (C=O) groups is 1. The zero-order valence-corrected chi connectivity index (χ0v) is 17.1. The van der Waals surface area contributed by atoms with Crippen molar-refractivity contribution in [3.63, 3.8) is 0 Å². The molecule has 0 aliphatic rings. The van der Waals surface area contributed by atoms with Crippen LogP contribution < -0.4 is 14.8 Å². The molecule has 0 radical (unpaired) electrons. The van der Waals surface area contributed by atoms with E-state index >= 15 is 0 Å². The van der Waals surface area contributed by atoms with Crippen LogP contribution in [0, 0.1) is 0 Å². The highest BCUT2D eigenvalue weighted by molar-refractivity contribution is 5.80. The van der Waals surface area contributed by atoms with Crippen LogP contribution >= 0.6 is 0 Å². The van der Waals surface area contributed by atoms with Crippen LogP contribution in [0.4, 0.5) is 0 Å². The lowest BCUT2D eigenvalue weighted by Crippen LogP contribution is -2.36. The molecule has 0 saturated heterocycles. The van der Waals surface area contributed by atoms with Gasteiger partial charge in [-0.2, -0.15) is 5.10 Å². The molecule has 1 amide bonds. The number of hydrogen-bond donors (Lipinski definition) is 2. The molecule has 1 heterocycles. The first-order valence-corrected chi connectivity index (χ1v) is 9.56. The Kier molecular flexibility index (Phi) is 6.49. The summed E-state index contributed by atoms with van der Waals surface area (Å²) in [5, 5.41) is 9.87. The highest BCUT2D eigenvalue weighted by atomic mass is 16.5. The van der Waals surface area contributed by atoms with Crippen molar-refractivity contribution in [3.05, 3.63) is 59.9 Å². The van der Waals surface area contributed by atoms with Crippen LogP contribution in [0.15, 0.2) is 48.5 Å². The molecule has 0 saturated carbocycles. The lowest BCUT2D eigenvalue weighted by atomic mass is 10.0. The SMILES string of the molecule is COc1ccc(-c2n[nH]c(CNC(=O)C(C)Oc3cccc(C(C)C)c3)n2)cc1. The number of carbonyl (C=O) groups excluding carboxylic acids is 1. The first kappa shape index (κ1) is 20.4. The zero-order valence-electron chi connectivity index (χ0n) is 17.1. The van der Waals surface area contributed by atoms with Crippen LogP contribution in [0.3, 0.4) is 0 Å². The molecule has 3 rings (SSSR count). The summed E-state index contributed by atoms with van der Waals surface area (Å²) in [6.45, 7) is 6.20. The quantitative estimate of drug-likeness (QED) is 0.608. The molecule has 0 aliphatic carbocycles. The fourth-order valence-electron chi connectivity index (χ4n) is 2.76. The molecule has 3 aromatic rings. The van der Waals surface area contributed by atoms with Gasteiger partial charge in [-0.15, -0.1) is 0 Å². The largest absolute Gasteiger partial charge is 0.497 e. The van der Waals surface area contributed by atoms with Gasteiger partial charge in [-0.25, -0.2) is 4.98 Å². The molecule has 7 nitrogen and oxygen atoms in total. The van der Waals surface area contributed by atoms with Crippen molar-refractivity contribution in [2.45, 2.75) is 39.3 Å². The Balaban J connectivity index is 1.55. The predicted octanol–water partition coefficient (Wildman–Crippen LogP) is 3.69. The number of nitrogens with one attached hydrogen (secondary N) is 2. The van der Waals surface area contributed by atoms with E-state index in [1.807, 2.05) is 48.5 Å². The van der Waals surface area contributed by atoms with Crippen LogP contribution in [0.1, 0.15) is 38.1 Å². The highest BCUT2D eigenvalue weighted by Gasteiger charge is 2.16. The van der Waals surface area contributed by atoms with E-state index in [1.54, 1.807) is 14.0 Å². The van der Waals surface area contributed by atoms with Crippen LogP contribution in [-0.2, 0) is 11.3 Å². The number of ether oxygens (including phenoxy) is 2. The molecule has 0 spiro atoms. The van der Waals surface area contributed by atoms with E-state index in [4.69, 9.17) is 9.47 Å². The molecule has 2 aromatic carbocycles. The third-order valence-electron chi connectivity index (χ3n) is 4.52. The lowest BCUT2D eigenvalue weighted by Gasteiger charge is -2.15. The van der Waals surface area contributed by atoms with Crippen molar-refractivity contribution in [2.24, 2.45) is 0 Å². The molecule has 1 aromatic heterocycles. The van der Waals surface area contributed by atoms with Crippen molar-refractivity contribution in [3.8, 4) is 22.9 Å². The van der Waals surface area contributed by atoms with Crippen molar-refractivity contribution in [1.29, 1.82) is 0 Å². The van der Waals surface area contributed by atoms with Gasteiger partial charge in [-0.3, -0.25) is 9.89 Å². The van der Waals surface area contributed by atoms with E-state index < -0.39 is 6.10 Å². The average Bonchev–Trinajstić information content (AvgIpc) is 3.21. The van der Waals surface area contributed by atoms with Crippen LogP contribution in [-0.4, -0.2) is 34.3 Å². The number of methoxy groups -OCH3 is 1. The molecule has 29 heavy (non-hydrogen) atoms. The second kappa shape index (κ2) is 9.23. The van der Waals surface area contributed by atoms with Crippen molar-refractivity contribution in [2.75, 3.05) is 7.11 Å². The second-order valence-corrected chi connectivity index (χ2v) is 7.04. The van der Waals surface area contributed by atoms with E-state index in [2.05, 4.69) is 34.3 Å². The van der Waals surface area contributed by atoms with Gasteiger partial charge in [0.15, 0.2) is 11.9 Å². The first-order valence-electron chi connectivity index (χ1n) is 9.56. The van der Waals surface area contributed by atoms with Gasteiger partial charge in [0, 0.05) is 5.56 Å². The topological polar surface area (TPSA) is 89.1 Å². The molecular formula is C22H26N4O3. The van der Waals surface area contributed by atoms with Gasteiger partial charge in [0.1, 0.15) is 17.3 Å². The van der Waals surface area contributed by atoms with E-state index in [0.717, 1.165) is 11.3 Å². The van der Waals surface area contributed by atoms with E-state index in [-0.39, 0.29) is 12.5 Å². The third-order valence-corrected chi connectivity index (χ3v) is 4.52. The minimum Gasteiger partial charge on any atom is -0.497 e. The lowest BCUT2D eigenvalue weighted by molar-refractivity contribution is -0.127. The van der Waals surface area contributed by atoms with E-state index in [1.165, 1.54) is 5.56 Å². The summed E-state index contributed by atoms with van der Waals surface area (Å²) < 4.78 is 10.9. The first-order chi connectivity index (χ1) is 14.0. The molecule has 0 fully saturated rings. The number of benzene rings is 2. The molecule has 152 valence electrons. The van der Waals surface area contributed by atoms with E-state index in [9.17, 15) is 4.79 Å².